The summed E-state index contributed by atoms with van der Waals surface area (Å²) in [4.78, 5) is 0. The topological polar surface area (TPSA) is 0 Å². The minimum Gasteiger partial charge on any atom is -0.0654 e. The molecule has 0 heteroatoms. The summed E-state index contributed by atoms with van der Waals surface area (Å²) in [5.74, 6) is 0. The van der Waals surface area contributed by atoms with Gasteiger partial charge in [-0.1, -0.05) is 102 Å². The van der Waals surface area contributed by atoms with Gasteiger partial charge in [-0.25, -0.2) is 0 Å². The molecule has 0 nitrogen and oxygen atoms in total. The molecule has 0 N–H and O–H groups in total. The van der Waals surface area contributed by atoms with Gasteiger partial charge in [-0.2, -0.15) is 0 Å². The van der Waals surface area contributed by atoms with Crippen molar-refractivity contribution < 1.29 is 0 Å². The monoisotopic (exact) mass is 321 g/mol. The van der Waals surface area contributed by atoms with E-state index in [4.69, 9.17) is 0 Å². The van der Waals surface area contributed by atoms with E-state index < -0.39 is 0 Å². The van der Waals surface area contributed by atoms with Gasteiger partial charge in [-0.05, 0) is 46.6 Å². The third kappa shape index (κ3) is 5.23. The van der Waals surface area contributed by atoms with Crippen LogP contribution >= 0.6 is 0 Å². The molecular formula is C24H33. The lowest BCUT2D eigenvalue weighted by molar-refractivity contribution is 0.591. The zero-order chi connectivity index (χ0) is 17.4. The van der Waals surface area contributed by atoms with Crippen LogP contribution in [0.4, 0.5) is 0 Å². The van der Waals surface area contributed by atoms with Crippen LogP contribution in [0.5, 0.6) is 0 Å². The van der Waals surface area contributed by atoms with Gasteiger partial charge in [0.05, 0.1) is 0 Å². The van der Waals surface area contributed by atoms with Gasteiger partial charge in [0.2, 0.25) is 0 Å². The Bertz CT molecular complexity index is 616. The maximum Gasteiger partial charge on any atom is -0.0126 e. The Morgan fingerprint density at radius 3 is 2.21 bits per heavy atom. The highest BCUT2D eigenvalue weighted by molar-refractivity contribution is 5.71. The van der Waals surface area contributed by atoms with E-state index in [0.29, 0.717) is 0 Å². The van der Waals surface area contributed by atoms with E-state index in [0.717, 1.165) is 6.42 Å². The third-order valence-electron chi connectivity index (χ3n) is 4.75. The largest absolute Gasteiger partial charge is 0.0654 e. The molecule has 0 aliphatic heterocycles. The highest BCUT2D eigenvalue weighted by Crippen LogP contribution is 2.34. The van der Waals surface area contributed by atoms with Crippen LogP contribution < -0.4 is 0 Å². The van der Waals surface area contributed by atoms with Crippen molar-refractivity contribution in [1.82, 2.24) is 0 Å². The van der Waals surface area contributed by atoms with Gasteiger partial charge in [0.25, 0.3) is 0 Å². The molecule has 0 bridgehead atoms. The first-order chi connectivity index (χ1) is 11.5. The van der Waals surface area contributed by atoms with Crippen LogP contribution in [0, 0.1) is 6.07 Å². The zero-order valence-corrected chi connectivity index (χ0v) is 16.0. The molecule has 129 valence electrons. The van der Waals surface area contributed by atoms with Crippen molar-refractivity contribution in [2.75, 3.05) is 0 Å². The van der Waals surface area contributed by atoms with E-state index in [1.54, 1.807) is 0 Å². The SMILES string of the molecule is CCCCCCCCc1[c]cccc1-c1ccccc1C(C)(C)C. The summed E-state index contributed by atoms with van der Waals surface area (Å²) < 4.78 is 0. The van der Waals surface area contributed by atoms with E-state index in [1.807, 2.05) is 0 Å². The molecule has 24 heavy (non-hydrogen) atoms. The first kappa shape index (κ1) is 18.8. The quantitative estimate of drug-likeness (QED) is 0.446. The average Bonchev–Trinajstić information content (AvgIpc) is 2.57. The molecule has 2 aromatic rings. The summed E-state index contributed by atoms with van der Waals surface area (Å²) in [7, 11) is 0. The molecule has 0 heterocycles. The molecule has 0 atom stereocenters. The number of unbranched alkanes of at least 4 members (excludes halogenated alkanes) is 5. The fourth-order valence-corrected chi connectivity index (χ4v) is 3.38. The molecule has 0 aromatic heterocycles. The standard InChI is InChI=1S/C24H33/c1-5-6-7-8-9-10-15-20-16-11-12-17-21(20)22-18-13-14-19-23(22)24(2,3)4/h11-14,17-19H,5-10,15H2,1-4H3. The van der Waals surface area contributed by atoms with Crippen LogP contribution in [0.15, 0.2) is 42.5 Å². The Morgan fingerprint density at radius 1 is 0.792 bits per heavy atom. The van der Waals surface area contributed by atoms with Gasteiger partial charge >= 0.3 is 0 Å². The van der Waals surface area contributed by atoms with Crippen molar-refractivity contribution in [1.29, 1.82) is 0 Å². The van der Waals surface area contributed by atoms with Crippen molar-refractivity contribution >= 4 is 0 Å². The molecule has 0 unspecified atom stereocenters. The Kier molecular flexibility index (Phi) is 7.09. The predicted molar refractivity (Wildman–Crippen MR) is 106 cm³/mol. The van der Waals surface area contributed by atoms with E-state index in [1.165, 1.54) is 60.8 Å². The van der Waals surface area contributed by atoms with Crippen molar-refractivity contribution in [3.63, 3.8) is 0 Å². The number of hydrogen-bond acceptors (Lipinski definition) is 0. The summed E-state index contributed by atoms with van der Waals surface area (Å²) >= 11 is 0. The average molecular weight is 322 g/mol. The Morgan fingerprint density at radius 2 is 1.46 bits per heavy atom. The van der Waals surface area contributed by atoms with E-state index in [9.17, 15) is 0 Å². The minimum absolute atomic E-state index is 0.157. The van der Waals surface area contributed by atoms with Crippen LogP contribution in [0.3, 0.4) is 0 Å². The van der Waals surface area contributed by atoms with Gasteiger partial charge in [0.1, 0.15) is 0 Å². The second kappa shape index (κ2) is 9.06. The molecule has 0 fully saturated rings. The Hall–Kier alpha value is -1.56. The number of hydrogen-bond donors (Lipinski definition) is 0. The summed E-state index contributed by atoms with van der Waals surface area (Å²) in [5.41, 5.74) is 5.71. The molecule has 1 radical (unpaired) electrons. The molecule has 2 rings (SSSR count). The van der Waals surface area contributed by atoms with Crippen LogP contribution in [0.25, 0.3) is 11.1 Å². The van der Waals surface area contributed by atoms with Gasteiger partial charge < -0.3 is 0 Å². The summed E-state index contributed by atoms with van der Waals surface area (Å²) in [5, 5.41) is 0. The van der Waals surface area contributed by atoms with E-state index in [2.05, 4.69) is 76.2 Å². The van der Waals surface area contributed by atoms with Crippen LogP contribution in [-0.2, 0) is 11.8 Å². The van der Waals surface area contributed by atoms with Crippen molar-refractivity contribution in [2.24, 2.45) is 0 Å². The minimum atomic E-state index is 0.157. The van der Waals surface area contributed by atoms with E-state index in [-0.39, 0.29) is 5.41 Å². The maximum atomic E-state index is 3.52. The first-order valence-corrected chi connectivity index (χ1v) is 9.63. The van der Waals surface area contributed by atoms with Gasteiger partial charge in [-0.15, -0.1) is 0 Å². The molecule has 0 aliphatic carbocycles. The van der Waals surface area contributed by atoms with Gasteiger partial charge in [0, 0.05) is 0 Å². The Labute approximate surface area is 149 Å². The van der Waals surface area contributed by atoms with Crippen LogP contribution in [-0.4, -0.2) is 0 Å². The second-order valence-electron chi connectivity index (χ2n) is 7.88. The van der Waals surface area contributed by atoms with Crippen molar-refractivity contribution in [3.8, 4) is 11.1 Å². The molecule has 0 aliphatic rings. The fraction of sp³-hybridized carbons (Fsp3) is 0.500. The highest BCUT2D eigenvalue weighted by Gasteiger charge is 2.19. The lowest BCUT2D eigenvalue weighted by atomic mass is 9.80. The Balaban J connectivity index is 2.15. The third-order valence-corrected chi connectivity index (χ3v) is 4.75. The summed E-state index contributed by atoms with van der Waals surface area (Å²) in [6.07, 6.45) is 9.20. The molecule has 2 aromatic carbocycles. The van der Waals surface area contributed by atoms with Crippen LogP contribution in [0.2, 0.25) is 0 Å². The van der Waals surface area contributed by atoms with E-state index >= 15 is 0 Å². The van der Waals surface area contributed by atoms with Gasteiger partial charge in [0.15, 0.2) is 0 Å². The number of aryl methyl sites for hydroxylation is 1. The van der Waals surface area contributed by atoms with Crippen molar-refractivity contribution in [3.05, 3.63) is 59.7 Å². The molecule has 0 amide bonds. The number of benzene rings is 2. The second-order valence-corrected chi connectivity index (χ2v) is 7.88. The first-order valence-electron chi connectivity index (χ1n) is 9.63. The van der Waals surface area contributed by atoms with Crippen molar-refractivity contribution in [2.45, 2.75) is 78.1 Å². The maximum absolute atomic E-state index is 3.52. The van der Waals surface area contributed by atoms with Crippen LogP contribution in [0.1, 0.15) is 77.3 Å². The zero-order valence-electron chi connectivity index (χ0n) is 16.0. The predicted octanol–water partition coefficient (Wildman–Crippen LogP) is 7.35. The van der Waals surface area contributed by atoms with Gasteiger partial charge in [-0.3, -0.25) is 0 Å². The lowest BCUT2D eigenvalue weighted by Gasteiger charge is -2.24. The molecular weight excluding hydrogens is 288 g/mol. The smallest absolute Gasteiger partial charge is 0.0126 e. The summed E-state index contributed by atoms with van der Waals surface area (Å²) in [6.45, 7) is 9.17. The number of rotatable bonds is 8. The lowest BCUT2D eigenvalue weighted by Crippen LogP contribution is -2.13. The molecule has 0 spiro atoms. The fourth-order valence-electron chi connectivity index (χ4n) is 3.38. The normalized spacial score (nSPS) is 11.7. The summed E-state index contributed by atoms with van der Waals surface area (Å²) in [6, 6.07) is 18.8. The molecule has 0 saturated carbocycles. The highest BCUT2D eigenvalue weighted by atomic mass is 14.2. The molecule has 0 saturated heterocycles.